The molecule has 8 heteroatoms. The first kappa shape index (κ1) is 22.3. The maximum atomic E-state index is 12.3. The van der Waals surface area contributed by atoms with Gasteiger partial charge < -0.3 is 30.3 Å². The van der Waals surface area contributed by atoms with Crippen LogP contribution in [0.2, 0.25) is 0 Å². The molecule has 0 atom stereocenters. The third-order valence-corrected chi connectivity index (χ3v) is 5.20. The van der Waals surface area contributed by atoms with Gasteiger partial charge in [0.1, 0.15) is 11.5 Å². The maximum Gasteiger partial charge on any atom is 0.321 e. The Morgan fingerprint density at radius 1 is 1.03 bits per heavy atom. The van der Waals surface area contributed by atoms with Crippen LogP contribution in [0.25, 0.3) is 0 Å². The van der Waals surface area contributed by atoms with Gasteiger partial charge in [0, 0.05) is 50.5 Å². The molecule has 0 bridgehead atoms. The van der Waals surface area contributed by atoms with Gasteiger partial charge in [-0.1, -0.05) is 12.1 Å². The minimum absolute atomic E-state index is 0.0338. The molecule has 1 fully saturated rings. The molecule has 1 aliphatic rings. The van der Waals surface area contributed by atoms with Crippen LogP contribution in [0.3, 0.4) is 0 Å². The fourth-order valence-corrected chi connectivity index (χ4v) is 3.47. The lowest BCUT2D eigenvalue weighted by atomic mass is 10.2. The molecule has 8 nitrogen and oxygen atoms in total. The van der Waals surface area contributed by atoms with Gasteiger partial charge in [-0.05, 0) is 42.7 Å². The van der Waals surface area contributed by atoms with E-state index in [0.717, 1.165) is 54.2 Å². The van der Waals surface area contributed by atoms with Crippen LogP contribution in [-0.4, -0.2) is 51.2 Å². The second kappa shape index (κ2) is 11.1. The molecule has 1 aliphatic heterocycles. The molecular formula is C23H31N5O3. The van der Waals surface area contributed by atoms with Crippen LogP contribution in [0, 0.1) is 0 Å². The molecule has 1 saturated heterocycles. The number of ether oxygens (including phenoxy) is 2. The van der Waals surface area contributed by atoms with E-state index in [1.807, 2.05) is 47.4 Å². The lowest BCUT2D eigenvalue weighted by Crippen LogP contribution is -2.36. The molecule has 0 aliphatic carbocycles. The Morgan fingerprint density at radius 3 is 2.52 bits per heavy atom. The number of urea groups is 1. The lowest BCUT2D eigenvalue weighted by molar-refractivity contribution is 0.222. The zero-order valence-electron chi connectivity index (χ0n) is 18.4. The van der Waals surface area contributed by atoms with Gasteiger partial charge in [-0.3, -0.25) is 4.99 Å². The summed E-state index contributed by atoms with van der Waals surface area (Å²) in [6, 6.07) is 13.5. The molecule has 2 aromatic rings. The first-order valence-electron chi connectivity index (χ1n) is 10.4. The molecule has 3 N–H and O–H groups in total. The van der Waals surface area contributed by atoms with Crippen LogP contribution < -0.4 is 25.4 Å². The van der Waals surface area contributed by atoms with Crippen molar-refractivity contribution in [1.82, 2.24) is 15.5 Å². The van der Waals surface area contributed by atoms with Crippen LogP contribution >= 0.6 is 0 Å². The summed E-state index contributed by atoms with van der Waals surface area (Å²) in [5.74, 6) is 2.17. The predicted octanol–water partition coefficient (Wildman–Crippen LogP) is 3.20. The lowest BCUT2D eigenvalue weighted by Gasteiger charge is -2.17. The Balaban J connectivity index is 1.53. The number of guanidine groups is 1. The third kappa shape index (κ3) is 6.28. The first-order chi connectivity index (χ1) is 15.1. The second-order valence-corrected chi connectivity index (χ2v) is 7.28. The van der Waals surface area contributed by atoms with E-state index < -0.39 is 0 Å². The van der Waals surface area contributed by atoms with Crippen molar-refractivity contribution >= 4 is 17.7 Å². The minimum Gasteiger partial charge on any atom is -0.497 e. The van der Waals surface area contributed by atoms with Crippen LogP contribution in [0.5, 0.6) is 11.5 Å². The van der Waals surface area contributed by atoms with E-state index in [1.165, 1.54) is 0 Å². The van der Waals surface area contributed by atoms with E-state index in [1.54, 1.807) is 21.3 Å². The highest BCUT2D eigenvalue weighted by Gasteiger charge is 2.17. The molecule has 0 saturated carbocycles. The molecular weight excluding hydrogens is 394 g/mol. The number of benzene rings is 2. The van der Waals surface area contributed by atoms with Gasteiger partial charge >= 0.3 is 6.03 Å². The van der Waals surface area contributed by atoms with E-state index >= 15 is 0 Å². The predicted molar refractivity (Wildman–Crippen MR) is 123 cm³/mol. The van der Waals surface area contributed by atoms with Crippen molar-refractivity contribution in [3.63, 3.8) is 0 Å². The number of hydrogen-bond donors (Lipinski definition) is 3. The molecule has 31 heavy (non-hydrogen) atoms. The van der Waals surface area contributed by atoms with Crippen molar-refractivity contribution in [2.45, 2.75) is 25.9 Å². The van der Waals surface area contributed by atoms with Crippen molar-refractivity contribution in [2.75, 3.05) is 39.7 Å². The fourth-order valence-electron chi connectivity index (χ4n) is 3.47. The number of likely N-dealkylation sites (tertiary alicyclic amines) is 1. The summed E-state index contributed by atoms with van der Waals surface area (Å²) in [5.41, 5.74) is 2.84. The number of rotatable bonds is 7. The van der Waals surface area contributed by atoms with Gasteiger partial charge in [0.2, 0.25) is 0 Å². The Kier molecular flexibility index (Phi) is 7.98. The summed E-state index contributed by atoms with van der Waals surface area (Å²) in [5, 5.41) is 9.58. The SMILES string of the molecule is CN=C(NCc1cccc(NC(=O)N2CCCC2)c1)NCc1ccc(OC)cc1OC. The Labute approximate surface area is 183 Å². The zero-order valence-corrected chi connectivity index (χ0v) is 18.4. The van der Waals surface area contributed by atoms with Crippen molar-refractivity contribution in [3.8, 4) is 11.5 Å². The summed E-state index contributed by atoms with van der Waals surface area (Å²) in [4.78, 5) is 18.4. The van der Waals surface area contributed by atoms with E-state index in [2.05, 4.69) is 20.9 Å². The summed E-state index contributed by atoms with van der Waals surface area (Å²) >= 11 is 0. The Hall–Kier alpha value is -3.42. The molecule has 0 unspecified atom stereocenters. The van der Waals surface area contributed by atoms with Crippen LogP contribution in [0.4, 0.5) is 10.5 Å². The smallest absolute Gasteiger partial charge is 0.321 e. The summed E-state index contributed by atoms with van der Waals surface area (Å²) in [6.07, 6.45) is 2.15. The summed E-state index contributed by atoms with van der Waals surface area (Å²) < 4.78 is 10.7. The van der Waals surface area contributed by atoms with Crippen molar-refractivity contribution in [2.24, 2.45) is 4.99 Å². The van der Waals surface area contributed by atoms with Gasteiger partial charge in [-0.25, -0.2) is 4.79 Å². The fraction of sp³-hybridized carbons (Fsp3) is 0.391. The molecule has 2 aromatic carbocycles. The highest BCUT2D eigenvalue weighted by molar-refractivity contribution is 5.89. The monoisotopic (exact) mass is 425 g/mol. The van der Waals surface area contributed by atoms with Crippen LogP contribution in [0.15, 0.2) is 47.5 Å². The number of nitrogens with zero attached hydrogens (tertiary/aromatic N) is 2. The Bertz CT molecular complexity index is 910. The maximum absolute atomic E-state index is 12.3. The number of methoxy groups -OCH3 is 2. The standard InChI is InChI=1S/C23H31N5O3/c1-24-22(26-16-18-9-10-20(30-2)14-21(18)31-3)25-15-17-7-6-8-19(13-17)27-23(29)28-11-4-5-12-28/h6-10,13-14H,4-5,11-12,15-16H2,1-3H3,(H,27,29)(H2,24,25,26). The normalized spacial score (nSPS) is 13.6. The number of nitrogens with one attached hydrogen (secondary N) is 3. The molecule has 0 spiro atoms. The van der Waals surface area contributed by atoms with Crippen molar-refractivity contribution in [3.05, 3.63) is 53.6 Å². The third-order valence-electron chi connectivity index (χ3n) is 5.20. The molecule has 1 heterocycles. The van der Waals surface area contributed by atoms with Gasteiger partial charge in [-0.15, -0.1) is 0 Å². The molecule has 2 amide bonds. The van der Waals surface area contributed by atoms with Gasteiger partial charge in [0.25, 0.3) is 0 Å². The number of hydrogen-bond acceptors (Lipinski definition) is 4. The highest BCUT2D eigenvalue weighted by atomic mass is 16.5. The largest absolute Gasteiger partial charge is 0.497 e. The van der Waals surface area contributed by atoms with Gasteiger partial charge in [0.15, 0.2) is 5.96 Å². The number of amides is 2. The molecule has 0 radical (unpaired) electrons. The van der Waals surface area contributed by atoms with Gasteiger partial charge in [0.05, 0.1) is 14.2 Å². The van der Waals surface area contributed by atoms with Gasteiger partial charge in [-0.2, -0.15) is 0 Å². The highest BCUT2D eigenvalue weighted by Crippen LogP contribution is 2.24. The van der Waals surface area contributed by atoms with Crippen molar-refractivity contribution in [1.29, 1.82) is 0 Å². The van der Waals surface area contributed by atoms with Crippen LogP contribution in [0.1, 0.15) is 24.0 Å². The molecule has 3 rings (SSSR count). The van der Waals surface area contributed by atoms with E-state index in [-0.39, 0.29) is 6.03 Å². The quantitative estimate of drug-likeness (QED) is 0.468. The zero-order chi connectivity index (χ0) is 22.1. The topological polar surface area (TPSA) is 87.2 Å². The first-order valence-corrected chi connectivity index (χ1v) is 10.4. The minimum atomic E-state index is -0.0338. The molecule has 166 valence electrons. The molecule has 0 aromatic heterocycles. The van der Waals surface area contributed by atoms with E-state index in [9.17, 15) is 4.79 Å². The summed E-state index contributed by atoms with van der Waals surface area (Å²) in [7, 11) is 5.00. The van der Waals surface area contributed by atoms with E-state index in [0.29, 0.717) is 19.0 Å². The second-order valence-electron chi connectivity index (χ2n) is 7.28. The number of anilines is 1. The van der Waals surface area contributed by atoms with Crippen molar-refractivity contribution < 1.29 is 14.3 Å². The van der Waals surface area contributed by atoms with Crippen LogP contribution in [-0.2, 0) is 13.1 Å². The average Bonchev–Trinajstić information content (AvgIpc) is 3.34. The van der Waals surface area contributed by atoms with E-state index in [4.69, 9.17) is 9.47 Å². The number of carbonyl (C=O) groups excluding carboxylic acids is 1. The number of aliphatic imine (C=N–C) groups is 1. The Morgan fingerprint density at radius 2 is 1.81 bits per heavy atom. The average molecular weight is 426 g/mol. The summed E-state index contributed by atoms with van der Waals surface area (Å²) in [6.45, 7) is 2.79. The number of carbonyl (C=O) groups is 1.